The number of aromatic nitrogens is 1. The molecule has 2 atom stereocenters. The number of piperazine rings is 1. The molecule has 2 heterocycles. The molecular weight excluding hydrogens is 278 g/mol. The van der Waals surface area contributed by atoms with Crippen LogP contribution in [0.4, 0.5) is 5.13 Å². The second kappa shape index (κ2) is 5.14. The standard InChI is InChI=1S/C13H17N3O3S/c1-2-7-12(19)14-10(18)6-16(7)13-15-11-8(17)4-3-5-9(11)20-13/h7-8,17H,2-6H2,1H3,(H,14,18,19). The molecule has 0 saturated carbocycles. The van der Waals surface area contributed by atoms with Crippen LogP contribution < -0.4 is 10.2 Å². The summed E-state index contributed by atoms with van der Waals surface area (Å²) in [4.78, 5) is 30.8. The number of thiazole rings is 1. The molecule has 1 saturated heterocycles. The van der Waals surface area contributed by atoms with Crippen molar-refractivity contribution in [1.82, 2.24) is 10.3 Å². The normalized spacial score (nSPS) is 26.4. The van der Waals surface area contributed by atoms with Crippen LogP contribution >= 0.6 is 11.3 Å². The van der Waals surface area contributed by atoms with E-state index >= 15 is 0 Å². The van der Waals surface area contributed by atoms with E-state index in [9.17, 15) is 14.7 Å². The fourth-order valence-electron chi connectivity index (χ4n) is 2.78. The Kier molecular flexibility index (Phi) is 3.47. The molecular formula is C13H17N3O3S. The molecule has 6 nitrogen and oxygen atoms in total. The molecule has 2 unspecified atom stereocenters. The fourth-order valence-corrected chi connectivity index (χ4v) is 3.99. The van der Waals surface area contributed by atoms with Crippen molar-refractivity contribution in [2.75, 3.05) is 11.4 Å². The number of nitrogens with one attached hydrogen (secondary N) is 1. The molecule has 2 amide bonds. The lowest BCUT2D eigenvalue weighted by molar-refractivity contribution is -0.132. The predicted octanol–water partition coefficient (Wildman–Crippen LogP) is 0.754. The highest BCUT2D eigenvalue weighted by Gasteiger charge is 2.35. The zero-order valence-corrected chi connectivity index (χ0v) is 12.1. The number of nitrogens with zero attached hydrogens (tertiary/aromatic N) is 2. The summed E-state index contributed by atoms with van der Waals surface area (Å²) >= 11 is 1.49. The number of amides is 2. The van der Waals surface area contributed by atoms with Gasteiger partial charge < -0.3 is 10.0 Å². The van der Waals surface area contributed by atoms with Crippen LogP contribution in [-0.2, 0) is 16.0 Å². The Bertz CT molecular complexity index is 557. The summed E-state index contributed by atoms with van der Waals surface area (Å²) in [5.74, 6) is -0.564. The van der Waals surface area contributed by atoms with Crippen LogP contribution in [0.3, 0.4) is 0 Å². The maximum absolute atomic E-state index is 11.9. The molecule has 1 fully saturated rings. The third kappa shape index (κ3) is 2.20. The molecule has 1 aliphatic carbocycles. The summed E-state index contributed by atoms with van der Waals surface area (Å²) in [6, 6.07) is -0.363. The first-order valence-corrected chi connectivity index (χ1v) is 7.69. The Morgan fingerprint density at radius 2 is 2.30 bits per heavy atom. The fraction of sp³-hybridized carbons (Fsp3) is 0.615. The van der Waals surface area contributed by atoms with Crippen LogP contribution in [0.1, 0.15) is 42.9 Å². The number of fused-ring (bicyclic) bond motifs is 1. The number of carbonyl (C=O) groups excluding carboxylic acids is 2. The minimum absolute atomic E-state index is 0.146. The topological polar surface area (TPSA) is 82.5 Å². The predicted molar refractivity (Wildman–Crippen MR) is 74.6 cm³/mol. The number of rotatable bonds is 2. The van der Waals surface area contributed by atoms with Crippen LogP contribution in [0, 0.1) is 0 Å². The van der Waals surface area contributed by atoms with E-state index in [2.05, 4.69) is 10.3 Å². The molecule has 0 radical (unpaired) electrons. The maximum atomic E-state index is 11.9. The second-order valence-electron chi connectivity index (χ2n) is 5.18. The summed E-state index contributed by atoms with van der Waals surface area (Å²) in [6.45, 7) is 2.06. The minimum atomic E-state index is -0.516. The lowest BCUT2D eigenvalue weighted by Crippen LogP contribution is -2.58. The average Bonchev–Trinajstić information content (AvgIpc) is 2.83. The molecule has 1 aliphatic heterocycles. The van der Waals surface area contributed by atoms with E-state index in [1.807, 2.05) is 6.92 Å². The van der Waals surface area contributed by atoms with Gasteiger partial charge in [-0.15, -0.1) is 11.3 Å². The second-order valence-corrected chi connectivity index (χ2v) is 6.24. The molecule has 3 rings (SSSR count). The van der Waals surface area contributed by atoms with Gasteiger partial charge >= 0.3 is 0 Å². The van der Waals surface area contributed by atoms with E-state index < -0.39 is 6.10 Å². The van der Waals surface area contributed by atoms with Crippen molar-refractivity contribution in [2.24, 2.45) is 0 Å². The first-order chi connectivity index (χ1) is 9.60. The lowest BCUT2D eigenvalue weighted by atomic mass is 10.0. The van der Waals surface area contributed by atoms with Crippen molar-refractivity contribution in [3.8, 4) is 0 Å². The van der Waals surface area contributed by atoms with E-state index in [0.717, 1.165) is 29.8 Å². The lowest BCUT2D eigenvalue weighted by Gasteiger charge is -2.33. The van der Waals surface area contributed by atoms with Crippen LogP contribution in [0.15, 0.2) is 0 Å². The Morgan fingerprint density at radius 3 is 3.00 bits per heavy atom. The first-order valence-electron chi connectivity index (χ1n) is 6.88. The number of hydrogen-bond donors (Lipinski definition) is 2. The van der Waals surface area contributed by atoms with Crippen molar-refractivity contribution in [3.05, 3.63) is 10.6 Å². The smallest absolute Gasteiger partial charge is 0.249 e. The van der Waals surface area contributed by atoms with Crippen molar-refractivity contribution < 1.29 is 14.7 Å². The third-order valence-corrected chi connectivity index (χ3v) is 4.97. The first kappa shape index (κ1) is 13.5. The van der Waals surface area contributed by atoms with E-state index in [4.69, 9.17) is 0 Å². The molecule has 108 valence electrons. The molecule has 2 aliphatic rings. The summed E-state index contributed by atoms with van der Waals surface area (Å²) in [6.07, 6.45) is 2.69. The molecule has 0 spiro atoms. The third-order valence-electron chi connectivity index (χ3n) is 3.80. The van der Waals surface area contributed by atoms with Gasteiger partial charge in [0.05, 0.1) is 11.8 Å². The molecule has 20 heavy (non-hydrogen) atoms. The van der Waals surface area contributed by atoms with Gasteiger partial charge in [0.1, 0.15) is 12.6 Å². The zero-order valence-electron chi connectivity index (χ0n) is 11.3. The maximum Gasteiger partial charge on any atom is 0.249 e. The number of aliphatic hydroxyl groups excluding tert-OH is 1. The van der Waals surface area contributed by atoms with Crippen molar-refractivity contribution >= 4 is 28.3 Å². The van der Waals surface area contributed by atoms with Gasteiger partial charge in [0.25, 0.3) is 0 Å². The summed E-state index contributed by atoms with van der Waals surface area (Å²) < 4.78 is 0. The van der Waals surface area contributed by atoms with E-state index in [0.29, 0.717) is 11.6 Å². The highest BCUT2D eigenvalue weighted by Crippen LogP contribution is 2.37. The van der Waals surface area contributed by atoms with Gasteiger partial charge in [-0.2, -0.15) is 0 Å². The highest BCUT2D eigenvalue weighted by atomic mass is 32.1. The SMILES string of the molecule is CCC1C(=O)NC(=O)CN1c1nc2c(s1)CCCC2O. The number of hydrogen-bond acceptors (Lipinski definition) is 6. The van der Waals surface area contributed by atoms with Crippen LogP contribution in [0.25, 0.3) is 0 Å². The largest absolute Gasteiger partial charge is 0.387 e. The van der Waals surface area contributed by atoms with Crippen molar-refractivity contribution in [1.29, 1.82) is 0 Å². The Balaban J connectivity index is 1.94. The number of carbonyl (C=O) groups is 2. The highest BCUT2D eigenvalue weighted by molar-refractivity contribution is 7.15. The molecule has 1 aromatic heterocycles. The summed E-state index contributed by atoms with van der Waals surface area (Å²) in [5, 5.41) is 13.0. The van der Waals surface area contributed by atoms with Crippen LogP contribution in [0.5, 0.6) is 0 Å². The Morgan fingerprint density at radius 1 is 1.50 bits per heavy atom. The van der Waals surface area contributed by atoms with Crippen LogP contribution in [0.2, 0.25) is 0 Å². The summed E-state index contributed by atoms with van der Waals surface area (Å²) in [5.41, 5.74) is 0.726. The van der Waals surface area contributed by atoms with Gasteiger partial charge in [-0.05, 0) is 25.7 Å². The van der Waals surface area contributed by atoms with Gasteiger partial charge in [-0.1, -0.05) is 6.92 Å². The van der Waals surface area contributed by atoms with Gasteiger partial charge in [0, 0.05) is 4.88 Å². The quantitative estimate of drug-likeness (QED) is 0.787. The molecule has 0 aromatic carbocycles. The molecule has 0 bridgehead atoms. The zero-order chi connectivity index (χ0) is 14.3. The van der Waals surface area contributed by atoms with Gasteiger partial charge in [0.15, 0.2) is 5.13 Å². The van der Waals surface area contributed by atoms with Gasteiger partial charge in [-0.25, -0.2) is 4.98 Å². The Hall–Kier alpha value is -1.47. The molecule has 2 N–H and O–H groups in total. The summed E-state index contributed by atoms with van der Waals surface area (Å²) in [7, 11) is 0. The van der Waals surface area contributed by atoms with Crippen molar-refractivity contribution in [2.45, 2.75) is 44.8 Å². The number of imide groups is 1. The van der Waals surface area contributed by atoms with Crippen molar-refractivity contribution in [3.63, 3.8) is 0 Å². The molecule has 7 heteroatoms. The Labute approximate surface area is 120 Å². The van der Waals surface area contributed by atoms with Gasteiger partial charge in [0.2, 0.25) is 11.8 Å². The monoisotopic (exact) mass is 295 g/mol. The molecule has 1 aromatic rings. The van der Waals surface area contributed by atoms with E-state index in [1.165, 1.54) is 11.3 Å². The van der Waals surface area contributed by atoms with E-state index in [1.54, 1.807) is 4.90 Å². The number of aliphatic hydroxyl groups is 1. The van der Waals surface area contributed by atoms with Gasteiger partial charge in [-0.3, -0.25) is 14.9 Å². The van der Waals surface area contributed by atoms with Crippen LogP contribution in [-0.4, -0.2) is 34.5 Å². The average molecular weight is 295 g/mol. The minimum Gasteiger partial charge on any atom is -0.387 e. The number of aryl methyl sites for hydroxylation is 1. The number of anilines is 1. The van der Waals surface area contributed by atoms with E-state index in [-0.39, 0.29) is 24.4 Å².